The molecule has 1 aromatic heterocycles. The molecule has 20 heavy (non-hydrogen) atoms. The Morgan fingerprint density at radius 3 is 2.85 bits per heavy atom. The van der Waals surface area contributed by atoms with Gasteiger partial charge in [0.15, 0.2) is 5.16 Å². The second-order valence-electron chi connectivity index (χ2n) is 5.24. The minimum Gasteiger partial charge on any atom is -0.355 e. The smallest absolute Gasteiger partial charge is 0.230 e. The number of thioether (sulfide) groups is 1. The molecule has 1 unspecified atom stereocenters. The highest BCUT2D eigenvalue weighted by atomic mass is 32.2. The maximum absolute atomic E-state index is 11.8. The van der Waals surface area contributed by atoms with E-state index in [1.54, 1.807) is 0 Å². The molecule has 1 amide bonds. The Labute approximate surface area is 124 Å². The SMILES string of the molecule is Cc1cc(C)nc(SCC(=O)NCC2CCCNC2)n1. The van der Waals surface area contributed by atoms with E-state index in [1.807, 2.05) is 19.9 Å². The van der Waals surface area contributed by atoms with Gasteiger partial charge in [-0.2, -0.15) is 0 Å². The Morgan fingerprint density at radius 2 is 2.20 bits per heavy atom. The summed E-state index contributed by atoms with van der Waals surface area (Å²) >= 11 is 1.39. The maximum atomic E-state index is 11.8. The fraction of sp³-hybridized carbons (Fsp3) is 0.643. The van der Waals surface area contributed by atoms with Crippen molar-refractivity contribution in [2.24, 2.45) is 5.92 Å². The lowest BCUT2D eigenvalue weighted by Crippen LogP contribution is -2.38. The molecule has 0 aromatic carbocycles. The van der Waals surface area contributed by atoms with Gasteiger partial charge in [-0.1, -0.05) is 11.8 Å². The molecule has 0 radical (unpaired) electrons. The van der Waals surface area contributed by atoms with Gasteiger partial charge in [-0.05, 0) is 51.8 Å². The second-order valence-corrected chi connectivity index (χ2v) is 6.18. The van der Waals surface area contributed by atoms with Gasteiger partial charge in [0.1, 0.15) is 0 Å². The van der Waals surface area contributed by atoms with Crippen LogP contribution in [-0.2, 0) is 4.79 Å². The first kappa shape index (κ1) is 15.3. The van der Waals surface area contributed by atoms with Gasteiger partial charge in [0.25, 0.3) is 0 Å². The zero-order valence-corrected chi connectivity index (χ0v) is 12.9. The summed E-state index contributed by atoms with van der Waals surface area (Å²) < 4.78 is 0. The molecule has 1 aliphatic rings. The lowest BCUT2D eigenvalue weighted by atomic mass is 10.00. The third kappa shape index (κ3) is 5.09. The third-order valence-electron chi connectivity index (χ3n) is 3.28. The molecule has 0 bridgehead atoms. The Kier molecular flexibility index (Phi) is 5.79. The van der Waals surface area contributed by atoms with Crippen LogP contribution in [0.3, 0.4) is 0 Å². The lowest BCUT2D eigenvalue weighted by molar-refractivity contribution is -0.118. The van der Waals surface area contributed by atoms with Gasteiger partial charge in [-0.25, -0.2) is 9.97 Å². The largest absolute Gasteiger partial charge is 0.355 e. The Hall–Kier alpha value is -1.14. The first-order chi connectivity index (χ1) is 9.63. The summed E-state index contributed by atoms with van der Waals surface area (Å²) in [6.45, 7) is 6.75. The summed E-state index contributed by atoms with van der Waals surface area (Å²) in [7, 11) is 0. The van der Waals surface area contributed by atoms with Gasteiger partial charge in [0.2, 0.25) is 5.91 Å². The molecule has 5 nitrogen and oxygen atoms in total. The summed E-state index contributed by atoms with van der Waals surface area (Å²) in [5, 5.41) is 7.03. The first-order valence-corrected chi connectivity index (χ1v) is 8.04. The molecule has 6 heteroatoms. The molecule has 1 fully saturated rings. The molecule has 110 valence electrons. The summed E-state index contributed by atoms with van der Waals surface area (Å²) in [5.41, 5.74) is 1.88. The molecule has 2 rings (SSSR count). The number of carbonyl (C=O) groups is 1. The number of hydrogen-bond donors (Lipinski definition) is 2. The summed E-state index contributed by atoms with van der Waals surface area (Å²) in [5.74, 6) is 1.00. The van der Waals surface area contributed by atoms with Crippen LogP contribution in [0.1, 0.15) is 24.2 Å². The van der Waals surface area contributed by atoms with Crippen molar-refractivity contribution < 1.29 is 4.79 Å². The highest BCUT2D eigenvalue weighted by Crippen LogP contribution is 2.14. The van der Waals surface area contributed by atoms with Crippen LogP contribution in [0.25, 0.3) is 0 Å². The topological polar surface area (TPSA) is 66.9 Å². The van der Waals surface area contributed by atoms with E-state index in [2.05, 4.69) is 20.6 Å². The molecule has 1 aromatic rings. The number of hydrogen-bond acceptors (Lipinski definition) is 5. The molecule has 1 atom stereocenters. The monoisotopic (exact) mass is 294 g/mol. The predicted octanol–water partition coefficient (Wildman–Crippen LogP) is 1.30. The molecule has 1 aliphatic heterocycles. The van der Waals surface area contributed by atoms with E-state index in [4.69, 9.17) is 0 Å². The Balaban J connectivity index is 1.71. The third-order valence-corrected chi connectivity index (χ3v) is 4.13. The van der Waals surface area contributed by atoms with Crippen molar-refractivity contribution in [3.8, 4) is 0 Å². The molecular weight excluding hydrogens is 272 g/mol. The molecule has 1 saturated heterocycles. The van der Waals surface area contributed by atoms with E-state index in [1.165, 1.54) is 24.6 Å². The van der Waals surface area contributed by atoms with Gasteiger partial charge < -0.3 is 10.6 Å². The van der Waals surface area contributed by atoms with Crippen LogP contribution < -0.4 is 10.6 Å². The predicted molar refractivity (Wildman–Crippen MR) is 80.8 cm³/mol. The molecule has 2 N–H and O–H groups in total. The number of carbonyl (C=O) groups excluding carboxylic acids is 1. The zero-order chi connectivity index (χ0) is 14.4. The van der Waals surface area contributed by atoms with Crippen molar-refractivity contribution in [2.75, 3.05) is 25.4 Å². The van der Waals surface area contributed by atoms with Crippen LogP contribution >= 0.6 is 11.8 Å². The van der Waals surface area contributed by atoms with Gasteiger partial charge in [0.05, 0.1) is 5.75 Å². The quantitative estimate of drug-likeness (QED) is 0.633. The maximum Gasteiger partial charge on any atom is 0.230 e. The van der Waals surface area contributed by atoms with E-state index in [0.29, 0.717) is 16.8 Å². The fourth-order valence-electron chi connectivity index (χ4n) is 2.30. The standard InChI is InChI=1S/C14H22N4OS/c1-10-6-11(2)18-14(17-10)20-9-13(19)16-8-12-4-3-5-15-7-12/h6,12,15H,3-5,7-9H2,1-2H3,(H,16,19). The van der Waals surface area contributed by atoms with Crippen molar-refractivity contribution in [3.05, 3.63) is 17.5 Å². The fourth-order valence-corrected chi connectivity index (χ4v) is 3.07. The van der Waals surface area contributed by atoms with Crippen LogP contribution in [0.5, 0.6) is 0 Å². The number of nitrogens with zero attached hydrogens (tertiary/aromatic N) is 2. The van der Waals surface area contributed by atoms with Crippen LogP contribution in [-0.4, -0.2) is 41.3 Å². The number of nitrogens with one attached hydrogen (secondary N) is 2. The molecule has 0 aliphatic carbocycles. The Bertz CT molecular complexity index is 440. The normalized spacial score (nSPS) is 18.8. The molecule has 0 saturated carbocycles. The van der Waals surface area contributed by atoms with E-state index >= 15 is 0 Å². The highest BCUT2D eigenvalue weighted by molar-refractivity contribution is 7.99. The van der Waals surface area contributed by atoms with Crippen molar-refractivity contribution in [3.63, 3.8) is 0 Å². The van der Waals surface area contributed by atoms with E-state index in [-0.39, 0.29) is 5.91 Å². The molecular formula is C14H22N4OS. The van der Waals surface area contributed by atoms with E-state index < -0.39 is 0 Å². The number of rotatable bonds is 5. The number of piperidine rings is 1. The van der Waals surface area contributed by atoms with E-state index in [0.717, 1.165) is 31.0 Å². The lowest BCUT2D eigenvalue weighted by Gasteiger charge is -2.22. The average Bonchev–Trinajstić information content (AvgIpc) is 2.43. The van der Waals surface area contributed by atoms with Crippen LogP contribution in [0.2, 0.25) is 0 Å². The van der Waals surface area contributed by atoms with Gasteiger partial charge in [-0.15, -0.1) is 0 Å². The van der Waals surface area contributed by atoms with Crippen molar-refractivity contribution >= 4 is 17.7 Å². The van der Waals surface area contributed by atoms with Crippen molar-refractivity contribution in [2.45, 2.75) is 31.8 Å². The first-order valence-electron chi connectivity index (χ1n) is 7.06. The second kappa shape index (κ2) is 7.59. The molecule has 0 spiro atoms. The Morgan fingerprint density at radius 1 is 1.45 bits per heavy atom. The number of aromatic nitrogens is 2. The number of amides is 1. The summed E-state index contributed by atoms with van der Waals surface area (Å²) in [6.07, 6.45) is 2.40. The zero-order valence-electron chi connectivity index (χ0n) is 12.1. The summed E-state index contributed by atoms with van der Waals surface area (Å²) in [4.78, 5) is 20.5. The minimum atomic E-state index is 0.0586. The van der Waals surface area contributed by atoms with Gasteiger partial charge in [-0.3, -0.25) is 4.79 Å². The van der Waals surface area contributed by atoms with Crippen LogP contribution in [0.15, 0.2) is 11.2 Å². The minimum absolute atomic E-state index is 0.0586. The van der Waals surface area contributed by atoms with Crippen molar-refractivity contribution in [1.82, 2.24) is 20.6 Å². The number of aryl methyl sites for hydroxylation is 2. The van der Waals surface area contributed by atoms with Gasteiger partial charge in [0, 0.05) is 17.9 Å². The van der Waals surface area contributed by atoms with Crippen LogP contribution in [0.4, 0.5) is 0 Å². The summed E-state index contributed by atoms with van der Waals surface area (Å²) in [6, 6.07) is 1.93. The van der Waals surface area contributed by atoms with Gasteiger partial charge >= 0.3 is 0 Å². The average molecular weight is 294 g/mol. The van der Waals surface area contributed by atoms with E-state index in [9.17, 15) is 4.79 Å². The molecule has 2 heterocycles. The van der Waals surface area contributed by atoms with Crippen LogP contribution in [0, 0.1) is 19.8 Å². The van der Waals surface area contributed by atoms with Crippen molar-refractivity contribution in [1.29, 1.82) is 0 Å². The highest BCUT2D eigenvalue weighted by Gasteiger charge is 2.14.